The van der Waals surface area contributed by atoms with Crippen LogP contribution in [0, 0.1) is 23.7 Å². The van der Waals surface area contributed by atoms with Crippen molar-refractivity contribution in [1.29, 1.82) is 0 Å². The zero-order valence-electron chi connectivity index (χ0n) is 65.3. The first-order valence-corrected chi connectivity index (χ1v) is 45.0. The van der Waals surface area contributed by atoms with Gasteiger partial charge in [0.25, 0.3) is 0 Å². The number of piperazine rings is 2. The number of benzene rings is 5. The van der Waals surface area contributed by atoms with Crippen LogP contribution in [0.15, 0.2) is 147 Å². The van der Waals surface area contributed by atoms with Crippen LogP contribution in [0.1, 0.15) is 150 Å². The van der Waals surface area contributed by atoms with E-state index in [9.17, 15) is 50.7 Å². The van der Waals surface area contributed by atoms with Crippen LogP contribution in [-0.2, 0) is 54.8 Å². The maximum atomic E-state index is 14.8. The lowest BCUT2D eigenvalue weighted by atomic mass is 9.70. The summed E-state index contributed by atoms with van der Waals surface area (Å²) in [5.41, 5.74) is 8.60. The highest BCUT2D eigenvalue weighted by molar-refractivity contribution is 7.99. The number of unbranched alkanes of at least 4 members (excludes halogenated alkanes) is 4. The van der Waals surface area contributed by atoms with Crippen LogP contribution < -0.4 is 15.5 Å². The minimum atomic E-state index is -4.24. The van der Waals surface area contributed by atoms with E-state index in [4.69, 9.17) is 16.3 Å². The molecule has 6 aromatic rings. The molecule has 5 aliphatic rings. The largest absolute Gasteiger partial charge is 0.391 e. The number of nitrogens with one attached hydrogen (secondary N) is 2. The highest BCUT2D eigenvalue weighted by atomic mass is 35.5. The Morgan fingerprint density at radius 2 is 1.42 bits per heavy atom. The van der Waals surface area contributed by atoms with Gasteiger partial charge in [0, 0.05) is 131 Å². The molecule has 4 saturated heterocycles. The Hall–Kier alpha value is -7.33. The number of carbonyl (C=O) groups is 6. The third-order valence-corrected chi connectivity index (χ3v) is 27.9. The fraction of sp³-hybridized carbons (Fsp3) is 0.518. The Bertz CT molecular complexity index is 4480. The van der Waals surface area contributed by atoms with Gasteiger partial charge in [0.1, 0.15) is 17.8 Å². The Balaban J connectivity index is 0.609. The molecular weight excluding hydrogens is 1500 g/mol. The number of morpholine rings is 1. The molecule has 111 heavy (non-hydrogen) atoms. The Kier molecular flexibility index (Phi) is 29.1. The topological polar surface area (TPSA) is 257 Å². The maximum Gasteiger partial charge on any atom is 0.246 e. The lowest BCUT2D eigenvalue weighted by molar-refractivity contribution is -0.146. The van der Waals surface area contributed by atoms with Gasteiger partial charge in [-0.2, -0.15) is 0 Å². The second kappa shape index (κ2) is 38.2. The van der Waals surface area contributed by atoms with Gasteiger partial charge in [0.05, 0.1) is 56.6 Å². The number of hydrogen-bond acceptors (Lipinski definition) is 18. The lowest BCUT2D eigenvalue weighted by Crippen LogP contribution is -2.57. The number of halogens is 1. The van der Waals surface area contributed by atoms with Crippen LogP contribution in [-0.4, -0.2) is 221 Å². The average Bonchev–Trinajstić information content (AvgIpc) is 1.54. The number of hydrogen-bond donors (Lipinski definition) is 3. The molecule has 5 aromatic carbocycles. The number of carbonyl (C=O) groups excluding carboxylic acids is 6. The number of likely N-dealkylation sites (tertiary alicyclic amines) is 1. The second-order valence-electron chi connectivity index (χ2n) is 32.1. The van der Waals surface area contributed by atoms with Gasteiger partial charge in [-0.15, -0.1) is 23.1 Å². The van der Waals surface area contributed by atoms with E-state index in [0.717, 1.165) is 115 Å². The van der Waals surface area contributed by atoms with Crippen LogP contribution in [0.5, 0.6) is 0 Å². The number of thiazole rings is 1. The summed E-state index contributed by atoms with van der Waals surface area (Å²) in [5, 5.41) is 17.5. The molecule has 1 aromatic heterocycles. The fourth-order valence-electron chi connectivity index (χ4n) is 16.0. The third kappa shape index (κ3) is 22.8. The number of allylic oxidation sites excluding steroid dienone is 1. The number of aliphatic hydroxyl groups is 1. The van der Waals surface area contributed by atoms with E-state index in [1.54, 1.807) is 41.3 Å². The standard InChI is InChI=1S/C85H110ClN9O12S4/c1-59(62-20-22-65(23-21-62)79-60(2)87-58-109-79)88-81(100)74-51-70(96)55-95(74)82(101)80(84(3,4)5)89-77(98)18-14-9-8-10-15-19-78(99)93-42-44-94(45-43-93)83(102)85(6)36-34-73(63-24-29-68(86)30-25-63)67(53-85)54-91-38-40-92(41-39-91)69-31-26-64(27-32-69)75(97)57-111(105,106)72-33-28-66(76(52-72)110(7,103)104)50-61(35-37-90-46-48-107-49-47-90)56-108-71-16-12-11-13-17-71/h11-13,16-17,20-33,52,58-59,61,70,74,80,96H,8-10,14-15,18-19,34-51,53-57H2,1-7H3,(H,88,100)(H,89,98)/t59-,61-,70+,74-,80+,85?/m0/s1. The van der Waals surface area contributed by atoms with Crippen LogP contribution in [0.4, 0.5) is 5.69 Å². The van der Waals surface area contributed by atoms with E-state index >= 15 is 0 Å². The number of ether oxygens (including phenoxy) is 1. The van der Waals surface area contributed by atoms with E-state index in [0.29, 0.717) is 108 Å². The first-order valence-electron chi connectivity index (χ1n) is 39.3. The van der Waals surface area contributed by atoms with Gasteiger partial charge in [0.2, 0.25) is 29.5 Å². The quantitative estimate of drug-likeness (QED) is 0.0201. The van der Waals surface area contributed by atoms with Crippen molar-refractivity contribution < 1.29 is 55.4 Å². The normalized spacial score (nSPS) is 19.9. The Morgan fingerprint density at radius 3 is 2.08 bits per heavy atom. The summed E-state index contributed by atoms with van der Waals surface area (Å²) in [5.74, 6) is -1.43. The van der Waals surface area contributed by atoms with Gasteiger partial charge in [0.15, 0.2) is 25.5 Å². The summed E-state index contributed by atoms with van der Waals surface area (Å²) >= 11 is 9.69. The number of sulfone groups is 2. The van der Waals surface area contributed by atoms with Gasteiger partial charge in [-0.05, 0) is 165 Å². The minimum absolute atomic E-state index is 0.0145. The molecule has 5 amide bonds. The highest BCUT2D eigenvalue weighted by Gasteiger charge is 2.46. The monoisotopic (exact) mass is 1610 g/mol. The molecule has 5 heterocycles. The van der Waals surface area contributed by atoms with Gasteiger partial charge in [-0.25, -0.2) is 21.8 Å². The Labute approximate surface area is 669 Å². The van der Waals surface area contributed by atoms with Gasteiger partial charge >= 0.3 is 0 Å². The number of aryl methyl sites for hydroxylation is 1. The summed E-state index contributed by atoms with van der Waals surface area (Å²) in [6.45, 7) is 20.8. The van der Waals surface area contributed by atoms with Gasteiger partial charge in [-0.3, -0.25) is 38.6 Å². The highest BCUT2D eigenvalue weighted by Crippen LogP contribution is 2.45. The maximum absolute atomic E-state index is 14.8. The first-order chi connectivity index (χ1) is 53.0. The molecule has 3 N–H and O–H groups in total. The first kappa shape index (κ1) is 84.6. The second-order valence-corrected chi connectivity index (χ2v) is 38.5. The Morgan fingerprint density at radius 1 is 0.766 bits per heavy atom. The number of ketones is 1. The van der Waals surface area contributed by atoms with Crippen molar-refractivity contribution in [3.05, 3.63) is 165 Å². The number of rotatable bonds is 32. The van der Waals surface area contributed by atoms with Gasteiger partial charge in [-0.1, -0.05) is 125 Å². The summed E-state index contributed by atoms with van der Waals surface area (Å²) in [4.78, 5) is 102. The molecule has 6 atom stereocenters. The van der Waals surface area contributed by atoms with E-state index in [1.165, 1.54) is 28.2 Å². The third-order valence-electron chi connectivity index (χ3n) is 22.6. The molecule has 0 saturated carbocycles. The zero-order valence-corrected chi connectivity index (χ0v) is 69.3. The minimum Gasteiger partial charge on any atom is -0.391 e. The average molecular weight is 1610 g/mol. The number of amides is 5. The molecule has 1 aliphatic carbocycles. The van der Waals surface area contributed by atoms with Crippen molar-refractivity contribution in [3.8, 4) is 10.4 Å². The number of thioether (sulfide) groups is 1. The van der Waals surface area contributed by atoms with Crippen LogP contribution in [0.2, 0.25) is 5.02 Å². The summed E-state index contributed by atoms with van der Waals surface area (Å²) in [6, 6.07) is 35.0. The molecule has 4 fully saturated rings. The molecule has 598 valence electrons. The molecule has 0 radical (unpaired) electrons. The number of aromatic nitrogens is 1. The van der Waals surface area contributed by atoms with Crippen molar-refractivity contribution in [3.63, 3.8) is 0 Å². The molecule has 26 heteroatoms. The predicted molar refractivity (Wildman–Crippen MR) is 439 cm³/mol. The SMILES string of the molecule is Cc1ncsc1-c1ccc([C@H](C)NC(=O)[C@@H]2C[C@@H](O)CN2C(=O)[C@@H](NC(=O)CCCCCCCC(=O)N2CCN(C(=O)C3(C)CCC(c4ccc(Cl)cc4)=C(CN4CCN(c5ccc(C(=O)CS(=O)(=O)c6ccc(C[C@H](CCN7CCOCC7)CSc7ccccc7)c(S(C)(=O)=O)c6)cc5)CC4)C3)CC2)C(C)(C)C)cc1. The van der Waals surface area contributed by atoms with E-state index in [2.05, 4.69) is 61.5 Å². The van der Waals surface area contributed by atoms with Gasteiger partial charge < -0.3 is 40.1 Å². The zero-order chi connectivity index (χ0) is 79.2. The molecule has 0 spiro atoms. The number of anilines is 1. The molecule has 21 nitrogen and oxygen atoms in total. The van der Waals surface area contributed by atoms with Crippen LogP contribution in [0.3, 0.4) is 0 Å². The number of nitrogens with zero attached hydrogens (tertiary/aromatic N) is 7. The summed E-state index contributed by atoms with van der Waals surface area (Å²) in [6.07, 6.45) is 7.88. The van der Waals surface area contributed by atoms with Crippen LogP contribution in [0.25, 0.3) is 16.0 Å². The van der Waals surface area contributed by atoms with Crippen LogP contribution >= 0.6 is 34.7 Å². The van der Waals surface area contributed by atoms with Crippen molar-refractivity contribution in [2.45, 2.75) is 164 Å². The smallest absolute Gasteiger partial charge is 0.246 e. The van der Waals surface area contributed by atoms with Crippen molar-refractivity contribution >= 4 is 101 Å². The number of aliphatic hydroxyl groups excluding tert-OH is 1. The predicted octanol–water partition coefficient (Wildman–Crippen LogP) is 12.0. The molecule has 0 bridgehead atoms. The van der Waals surface area contributed by atoms with E-state index < -0.39 is 66.1 Å². The number of Topliss-reactive ketones (excluding diaryl/α,β-unsaturated/α-hetero) is 1. The van der Waals surface area contributed by atoms with E-state index in [-0.39, 0.29) is 70.3 Å². The van der Waals surface area contributed by atoms with Crippen molar-refractivity contribution in [2.24, 2.45) is 16.7 Å². The molecular formula is C85H110ClN9O12S4. The van der Waals surface area contributed by atoms with Crippen molar-refractivity contribution in [2.75, 3.05) is 121 Å². The number of β-amino-alcohol motifs (C(OH)–C–C–N with tert-alkyl or cyclic N) is 1. The lowest BCUT2D eigenvalue weighted by Gasteiger charge is -2.43. The summed E-state index contributed by atoms with van der Waals surface area (Å²) < 4.78 is 60.4. The fourth-order valence-corrected chi connectivity index (χ4v) is 20.3. The molecule has 4 aliphatic heterocycles. The molecule has 1 unspecified atom stereocenters. The van der Waals surface area contributed by atoms with E-state index in [1.807, 2.05) is 117 Å². The molecule has 11 rings (SSSR count). The van der Waals surface area contributed by atoms with Crippen molar-refractivity contribution in [1.82, 2.24) is 40.1 Å². The summed E-state index contributed by atoms with van der Waals surface area (Å²) in [7, 11) is -8.10.